The van der Waals surface area contributed by atoms with Crippen molar-refractivity contribution in [1.82, 2.24) is 4.98 Å². The minimum Gasteiger partial charge on any atom is -0.419 e. The maximum Gasteiger partial charge on any atom is 0.269 e. The third-order valence-electron chi connectivity index (χ3n) is 3.72. The van der Waals surface area contributed by atoms with Gasteiger partial charge in [0.05, 0.1) is 11.0 Å². The molecule has 1 aliphatic rings. The number of benzene rings is 1. The molecule has 0 spiro atoms. The van der Waals surface area contributed by atoms with Gasteiger partial charge in [-0.1, -0.05) is 0 Å². The highest BCUT2D eigenvalue weighted by Gasteiger charge is 2.25. The summed E-state index contributed by atoms with van der Waals surface area (Å²) in [7, 11) is 0. The van der Waals surface area contributed by atoms with Crippen molar-refractivity contribution in [1.29, 1.82) is 5.26 Å². The molecule has 1 unspecified atom stereocenters. The Balaban J connectivity index is 1.92. The lowest BCUT2D eigenvalue weighted by Crippen LogP contribution is -2.38. The molecule has 1 fully saturated rings. The second kappa shape index (κ2) is 6.06. The van der Waals surface area contributed by atoms with Crippen LogP contribution in [0.1, 0.15) is 18.5 Å². The van der Waals surface area contributed by atoms with Crippen molar-refractivity contribution < 1.29 is 14.4 Å². The van der Waals surface area contributed by atoms with E-state index in [1.807, 2.05) is 6.07 Å². The van der Waals surface area contributed by atoms with E-state index in [-0.39, 0.29) is 17.3 Å². The highest BCUT2D eigenvalue weighted by molar-refractivity contribution is 5.61. The van der Waals surface area contributed by atoms with Gasteiger partial charge < -0.3 is 14.4 Å². The second-order valence-electron chi connectivity index (χ2n) is 5.33. The highest BCUT2D eigenvalue weighted by Crippen LogP contribution is 2.30. The van der Waals surface area contributed by atoms with Crippen LogP contribution in [0.5, 0.6) is 0 Å². The molecule has 8 nitrogen and oxygen atoms in total. The summed E-state index contributed by atoms with van der Waals surface area (Å²) < 4.78 is 5.69. The molecule has 8 heteroatoms. The van der Waals surface area contributed by atoms with Crippen molar-refractivity contribution >= 4 is 11.6 Å². The lowest BCUT2D eigenvalue weighted by atomic mass is 10.1. The number of anilines is 1. The molecule has 0 bridgehead atoms. The molecular formula is C15H14N4O4. The molecule has 0 aliphatic carbocycles. The number of piperidine rings is 1. The number of non-ortho nitro benzene ring substituents is 1. The summed E-state index contributed by atoms with van der Waals surface area (Å²) in [5.74, 6) is 0.561. The topological polar surface area (TPSA) is 116 Å². The van der Waals surface area contributed by atoms with E-state index in [1.54, 1.807) is 4.90 Å². The van der Waals surface area contributed by atoms with Gasteiger partial charge in [-0.15, -0.1) is 0 Å². The fourth-order valence-electron chi connectivity index (χ4n) is 2.59. The number of nitro benzene ring substituents is 1. The van der Waals surface area contributed by atoms with E-state index in [9.17, 15) is 20.5 Å². The quantitative estimate of drug-likeness (QED) is 0.680. The van der Waals surface area contributed by atoms with Crippen molar-refractivity contribution in [3.05, 3.63) is 40.1 Å². The van der Waals surface area contributed by atoms with Crippen molar-refractivity contribution in [2.45, 2.75) is 18.9 Å². The number of nitrogens with zero attached hydrogens (tertiary/aromatic N) is 4. The highest BCUT2D eigenvalue weighted by atomic mass is 16.6. The second-order valence-corrected chi connectivity index (χ2v) is 5.33. The number of rotatable bonds is 3. The number of nitriles is 1. The average Bonchev–Trinajstić information content (AvgIpc) is 2.99. The molecule has 0 saturated carbocycles. The van der Waals surface area contributed by atoms with Crippen LogP contribution in [0.15, 0.2) is 28.7 Å². The van der Waals surface area contributed by atoms with Gasteiger partial charge in [0.2, 0.25) is 17.5 Å². The Bertz CT molecular complexity index is 763. The summed E-state index contributed by atoms with van der Waals surface area (Å²) in [5, 5.41) is 29.7. The Kier molecular flexibility index (Phi) is 3.95. The number of oxazole rings is 1. The van der Waals surface area contributed by atoms with Crippen molar-refractivity contribution in [3.8, 4) is 17.5 Å². The molecule has 1 atom stereocenters. The van der Waals surface area contributed by atoms with Gasteiger partial charge in [0.1, 0.15) is 6.07 Å². The molecule has 23 heavy (non-hydrogen) atoms. The average molecular weight is 314 g/mol. The van der Waals surface area contributed by atoms with E-state index in [2.05, 4.69) is 4.98 Å². The predicted molar refractivity (Wildman–Crippen MR) is 80.8 cm³/mol. The minimum atomic E-state index is -0.486. The summed E-state index contributed by atoms with van der Waals surface area (Å²) in [4.78, 5) is 16.2. The molecule has 1 aromatic heterocycles. The van der Waals surface area contributed by atoms with Gasteiger partial charge in [0.25, 0.3) is 5.69 Å². The number of aliphatic hydroxyl groups excluding tert-OH is 1. The summed E-state index contributed by atoms with van der Waals surface area (Å²) in [6.45, 7) is 1.07. The summed E-state index contributed by atoms with van der Waals surface area (Å²) in [6, 6.07) is 7.76. The first-order valence-electron chi connectivity index (χ1n) is 7.17. The molecule has 1 aromatic carbocycles. The number of aromatic nitrogens is 1. The number of nitro groups is 1. The Morgan fingerprint density at radius 1 is 1.43 bits per heavy atom. The number of hydrogen-bond acceptors (Lipinski definition) is 7. The van der Waals surface area contributed by atoms with Gasteiger partial charge in [-0.3, -0.25) is 10.1 Å². The van der Waals surface area contributed by atoms with Gasteiger partial charge in [-0.05, 0) is 25.0 Å². The van der Waals surface area contributed by atoms with Crippen LogP contribution in [-0.2, 0) is 0 Å². The Morgan fingerprint density at radius 2 is 2.17 bits per heavy atom. The third-order valence-corrected chi connectivity index (χ3v) is 3.72. The number of β-amino-alcohol motifs (C(OH)–C–C–N with tert-alkyl or cyclic N) is 1. The zero-order valence-corrected chi connectivity index (χ0v) is 12.2. The van der Waals surface area contributed by atoms with Gasteiger partial charge in [0, 0.05) is 30.8 Å². The van der Waals surface area contributed by atoms with E-state index in [4.69, 9.17) is 4.42 Å². The molecular weight excluding hydrogens is 300 g/mol. The van der Waals surface area contributed by atoms with Crippen LogP contribution >= 0.6 is 0 Å². The molecule has 3 rings (SSSR count). The molecule has 1 saturated heterocycles. The Morgan fingerprint density at radius 3 is 2.78 bits per heavy atom. The van der Waals surface area contributed by atoms with E-state index in [0.717, 1.165) is 12.8 Å². The Hall–Kier alpha value is -2.92. The van der Waals surface area contributed by atoms with Crippen LogP contribution in [-0.4, -0.2) is 34.2 Å². The molecule has 2 heterocycles. The smallest absolute Gasteiger partial charge is 0.269 e. The van der Waals surface area contributed by atoms with E-state index in [0.29, 0.717) is 24.5 Å². The van der Waals surface area contributed by atoms with Gasteiger partial charge in [0.15, 0.2) is 0 Å². The zero-order chi connectivity index (χ0) is 16.4. The summed E-state index contributed by atoms with van der Waals surface area (Å²) in [5.41, 5.74) is 0.670. The van der Waals surface area contributed by atoms with Gasteiger partial charge in [-0.2, -0.15) is 10.2 Å². The van der Waals surface area contributed by atoms with E-state index >= 15 is 0 Å². The monoisotopic (exact) mass is 314 g/mol. The van der Waals surface area contributed by atoms with Crippen LogP contribution in [0.4, 0.5) is 11.6 Å². The number of hydrogen-bond donors (Lipinski definition) is 1. The molecule has 0 radical (unpaired) electrons. The first-order chi connectivity index (χ1) is 11.1. The van der Waals surface area contributed by atoms with Crippen LogP contribution in [0.3, 0.4) is 0 Å². The van der Waals surface area contributed by atoms with Gasteiger partial charge in [-0.25, -0.2) is 0 Å². The largest absolute Gasteiger partial charge is 0.419 e. The minimum absolute atomic E-state index is 0.0276. The zero-order valence-electron chi connectivity index (χ0n) is 12.2. The Labute approximate surface area is 131 Å². The standard InChI is InChI=1S/C15H14N4O4/c16-8-13-15(18-7-1-2-12(20)9-18)23-14(17-13)10-3-5-11(6-4-10)19(21)22/h3-6,12,20H,1-2,7,9H2. The van der Waals surface area contributed by atoms with E-state index < -0.39 is 11.0 Å². The molecule has 118 valence electrons. The maximum absolute atomic E-state index is 10.7. The van der Waals surface area contributed by atoms with Crippen LogP contribution in [0, 0.1) is 21.4 Å². The number of aliphatic hydroxyl groups is 1. The fraction of sp³-hybridized carbons (Fsp3) is 0.333. The predicted octanol–water partition coefficient (Wildman–Crippen LogP) is 2.08. The van der Waals surface area contributed by atoms with E-state index in [1.165, 1.54) is 24.3 Å². The van der Waals surface area contributed by atoms with Gasteiger partial charge >= 0.3 is 0 Å². The van der Waals surface area contributed by atoms with Crippen LogP contribution < -0.4 is 4.90 Å². The van der Waals surface area contributed by atoms with Crippen molar-refractivity contribution in [2.75, 3.05) is 18.0 Å². The fourth-order valence-corrected chi connectivity index (χ4v) is 2.59. The third kappa shape index (κ3) is 3.00. The maximum atomic E-state index is 10.7. The summed E-state index contributed by atoms with van der Waals surface area (Å²) >= 11 is 0. The van der Waals surface area contributed by atoms with Crippen molar-refractivity contribution in [2.24, 2.45) is 0 Å². The molecule has 2 aromatic rings. The molecule has 1 aliphatic heterocycles. The molecule has 1 N–H and O–H groups in total. The first kappa shape index (κ1) is 15.0. The summed E-state index contributed by atoms with van der Waals surface area (Å²) in [6.07, 6.45) is 1.07. The first-order valence-corrected chi connectivity index (χ1v) is 7.17. The van der Waals surface area contributed by atoms with Crippen LogP contribution in [0.2, 0.25) is 0 Å². The molecule has 0 amide bonds. The lowest BCUT2D eigenvalue weighted by Gasteiger charge is -2.29. The normalized spacial score (nSPS) is 17.7. The lowest BCUT2D eigenvalue weighted by molar-refractivity contribution is -0.384. The van der Waals surface area contributed by atoms with Crippen LogP contribution in [0.25, 0.3) is 11.5 Å². The van der Waals surface area contributed by atoms with Crippen molar-refractivity contribution in [3.63, 3.8) is 0 Å². The SMILES string of the molecule is N#Cc1nc(-c2ccc([N+](=O)[O-])cc2)oc1N1CCCC(O)C1.